The largest absolute Gasteiger partial charge is 0.512 e. The first-order valence-electron chi connectivity index (χ1n) is 7.62. The molecule has 0 spiro atoms. The predicted octanol–water partition coefficient (Wildman–Crippen LogP) is 3.32. The highest BCUT2D eigenvalue weighted by Gasteiger charge is 2.20. The average molecular weight is 320 g/mol. The van der Waals surface area contributed by atoms with E-state index in [1.807, 2.05) is 24.3 Å². The van der Waals surface area contributed by atoms with Crippen LogP contribution in [-0.2, 0) is 0 Å². The minimum absolute atomic E-state index is 0.0236. The molecule has 120 valence electrons. The number of fused-ring (bicyclic) bond motifs is 3. The van der Waals surface area contributed by atoms with E-state index in [4.69, 9.17) is 9.47 Å². The molecule has 0 heterocycles. The number of benzene rings is 3. The summed E-state index contributed by atoms with van der Waals surface area (Å²) in [6.45, 7) is 1.52. The zero-order valence-corrected chi connectivity index (χ0v) is 13.6. The van der Waals surface area contributed by atoms with Gasteiger partial charge in [-0.05, 0) is 59.2 Å². The topological polar surface area (TPSA) is 55.8 Å². The van der Waals surface area contributed by atoms with Gasteiger partial charge in [-0.25, -0.2) is 0 Å². The molecule has 4 nitrogen and oxygen atoms in total. The van der Waals surface area contributed by atoms with Crippen molar-refractivity contribution in [3.63, 3.8) is 0 Å². The molecule has 0 amide bonds. The molecule has 0 atom stereocenters. The van der Waals surface area contributed by atoms with Crippen molar-refractivity contribution >= 4 is 27.3 Å². The van der Waals surface area contributed by atoms with Gasteiger partial charge in [0.2, 0.25) is 0 Å². The summed E-state index contributed by atoms with van der Waals surface area (Å²) in [5.41, 5.74) is 1.61. The maximum absolute atomic E-state index is 12.3. The molecular formula is C20H16O4. The Kier molecular flexibility index (Phi) is 3.03. The number of aliphatic hydroxyl groups is 1. The molecule has 0 aromatic heterocycles. The van der Waals surface area contributed by atoms with E-state index in [9.17, 15) is 9.90 Å². The Bertz CT molecular complexity index is 1160. The maximum atomic E-state index is 12.3. The van der Waals surface area contributed by atoms with Gasteiger partial charge in [0.1, 0.15) is 17.3 Å². The van der Waals surface area contributed by atoms with E-state index in [1.165, 1.54) is 6.92 Å². The quantitative estimate of drug-likeness (QED) is 0.615. The predicted molar refractivity (Wildman–Crippen MR) is 95.6 cm³/mol. The van der Waals surface area contributed by atoms with Crippen molar-refractivity contribution in [1.29, 1.82) is 0 Å². The Morgan fingerprint density at radius 3 is 2.29 bits per heavy atom. The molecule has 0 bridgehead atoms. The third kappa shape index (κ3) is 1.83. The first-order chi connectivity index (χ1) is 11.5. The molecule has 4 rings (SSSR count). The third-order valence-corrected chi connectivity index (χ3v) is 4.59. The Morgan fingerprint density at radius 2 is 1.62 bits per heavy atom. The second kappa shape index (κ2) is 4.99. The second-order valence-electron chi connectivity index (χ2n) is 5.89. The lowest BCUT2D eigenvalue weighted by molar-refractivity contribution is 0.412. The number of rotatable bonds is 2. The summed E-state index contributed by atoms with van der Waals surface area (Å²) in [6.07, 6.45) is 0. The first-order valence-corrected chi connectivity index (χ1v) is 7.62. The molecule has 2 aliphatic carbocycles. The van der Waals surface area contributed by atoms with Gasteiger partial charge in [0.25, 0.3) is 0 Å². The Labute approximate surface area is 138 Å². The minimum Gasteiger partial charge on any atom is -0.512 e. The molecule has 0 unspecified atom stereocenters. The van der Waals surface area contributed by atoms with Gasteiger partial charge in [0.15, 0.2) is 5.43 Å². The minimum atomic E-state index is -0.183. The first kappa shape index (κ1) is 14.6. The number of hydrogen-bond acceptors (Lipinski definition) is 4. The van der Waals surface area contributed by atoms with Crippen LogP contribution < -0.4 is 20.1 Å². The monoisotopic (exact) mass is 320 g/mol. The molecule has 1 N–H and O–H groups in total. The van der Waals surface area contributed by atoms with Crippen molar-refractivity contribution in [2.24, 2.45) is 0 Å². The summed E-state index contributed by atoms with van der Waals surface area (Å²) < 4.78 is 10.9. The van der Waals surface area contributed by atoms with Crippen LogP contribution in [0.1, 0.15) is 6.92 Å². The summed E-state index contributed by atoms with van der Waals surface area (Å²) in [5, 5.41) is 14.1. The summed E-state index contributed by atoms with van der Waals surface area (Å²) in [6, 6.07) is 11.1. The molecule has 2 aliphatic rings. The molecule has 2 aromatic rings. The SMILES string of the molecule is COc1cc2c(OC)ccc3c4cc(=O)/c(=C(/C)O)cc-4c(c1)c23. The van der Waals surface area contributed by atoms with Crippen LogP contribution in [0.3, 0.4) is 0 Å². The van der Waals surface area contributed by atoms with Crippen LogP contribution in [0.25, 0.3) is 38.4 Å². The van der Waals surface area contributed by atoms with Gasteiger partial charge in [0, 0.05) is 10.8 Å². The summed E-state index contributed by atoms with van der Waals surface area (Å²) >= 11 is 0. The highest BCUT2D eigenvalue weighted by atomic mass is 16.5. The lowest BCUT2D eigenvalue weighted by atomic mass is 10.0. The van der Waals surface area contributed by atoms with Gasteiger partial charge in [-0.3, -0.25) is 4.79 Å². The van der Waals surface area contributed by atoms with Crippen molar-refractivity contribution in [3.05, 3.63) is 51.8 Å². The molecule has 0 saturated heterocycles. The van der Waals surface area contributed by atoms with Gasteiger partial charge < -0.3 is 14.6 Å². The van der Waals surface area contributed by atoms with Gasteiger partial charge in [-0.15, -0.1) is 0 Å². The van der Waals surface area contributed by atoms with Crippen molar-refractivity contribution < 1.29 is 14.6 Å². The molecule has 24 heavy (non-hydrogen) atoms. The molecule has 0 aliphatic heterocycles. The molecular weight excluding hydrogens is 304 g/mol. The van der Waals surface area contributed by atoms with Crippen LogP contribution in [0.4, 0.5) is 0 Å². The van der Waals surface area contributed by atoms with E-state index in [1.54, 1.807) is 26.4 Å². The van der Waals surface area contributed by atoms with Crippen molar-refractivity contribution in [1.82, 2.24) is 0 Å². The van der Waals surface area contributed by atoms with E-state index in [2.05, 4.69) is 0 Å². The molecule has 4 heteroatoms. The Balaban J connectivity index is 2.33. The van der Waals surface area contributed by atoms with Gasteiger partial charge in [-0.2, -0.15) is 0 Å². The van der Waals surface area contributed by atoms with Crippen LogP contribution in [-0.4, -0.2) is 19.3 Å². The molecule has 0 saturated carbocycles. The third-order valence-electron chi connectivity index (χ3n) is 4.59. The van der Waals surface area contributed by atoms with Gasteiger partial charge in [0.05, 0.1) is 19.4 Å². The zero-order valence-electron chi connectivity index (χ0n) is 13.6. The highest BCUT2D eigenvalue weighted by molar-refractivity contribution is 6.25. The van der Waals surface area contributed by atoms with Crippen LogP contribution in [0.2, 0.25) is 0 Å². The van der Waals surface area contributed by atoms with Gasteiger partial charge in [-0.1, -0.05) is 6.07 Å². The highest BCUT2D eigenvalue weighted by Crippen LogP contribution is 2.46. The lowest BCUT2D eigenvalue weighted by Crippen LogP contribution is -2.25. The Hall–Kier alpha value is -3.01. The second-order valence-corrected chi connectivity index (χ2v) is 5.89. The van der Waals surface area contributed by atoms with Crippen LogP contribution in [0, 0.1) is 0 Å². The fourth-order valence-electron chi connectivity index (χ4n) is 3.47. The van der Waals surface area contributed by atoms with E-state index in [0.29, 0.717) is 5.22 Å². The summed E-state index contributed by atoms with van der Waals surface area (Å²) in [5.74, 6) is 1.50. The lowest BCUT2D eigenvalue weighted by Gasteiger charge is -2.08. The van der Waals surface area contributed by atoms with E-state index in [0.717, 1.165) is 44.2 Å². The standard InChI is InChI=1S/C20H16O4/c1-10(21)13-8-14-15(9-18(13)22)12-4-5-19(24-3)17-7-11(23-2)6-16(14)20(12)17/h4-9,21H,1-3H3/b13-10-. The van der Waals surface area contributed by atoms with E-state index >= 15 is 0 Å². The fourth-order valence-corrected chi connectivity index (χ4v) is 3.47. The zero-order chi connectivity index (χ0) is 17.0. The maximum Gasteiger partial charge on any atom is 0.189 e. The van der Waals surface area contributed by atoms with Crippen LogP contribution in [0.5, 0.6) is 11.5 Å². The van der Waals surface area contributed by atoms with Crippen molar-refractivity contribution in [2.45, 2.75) is 6.92 Å². The van der Waals surface area contributed by atoms with Crippen molar-refractivity contribution in [3.8, 4) is 22.6 Å². The van der Waals surface area contributed by atoms with E-state index < -0.39 is 0 Å². The molecule has 0 radical (unpaired) electrons. The summed E-state index contributed by atoms with van der Waals surface area (Å²) in [7, 11) is 3.26. The van der Waals surface area contributed by atoms with Crippen LogP contribution >= 0.6 is 0 Å². The molecule has 2 aromatic carbocycles. The number of ether oxygens (including phenoxy) is 2. The van der Waals surface area contributed by atoms with Crippen LogP contribution in [0.15, 0.2) is 41.2 Å². The molecule has 0 fully saturated rings. The Morgan fingerprint density at radius 1 is 0.917 bits per heavy atom. The smallest absolute Gasteiger partial charge is 0.189 e. The van der Waals surface area contributed by atoms with Crippen molar-refractivity contribution in [2.75, 3.05) is 14.2 Å². The summed E-state index contributed by atoms with van der Waals surface area (Å²) in [4.78, 5) is 12.3. The number of methoxy groups -OCH3 is 2. The fraction of sp³-hybridized carbons (Fsp3) is 0.150. The van der Waals surface area contributed by atoms with Gasteiger partial charge >= 0.3 is 0 Å². The average Bonchev–Trinajstić information content (AvgIpc) is 2.88. The number of aliphatic hydroxyl groups excluding tert-OH is 1. The number of hydrogen-bond donors (Lipinski definition) is 1. The van der Waals surface area contributed by atoms with E-state index in [-0.39, 0.29) is 11.2 Å². The normalized spacial score (nSPS) is 13.0.